The summed E-state index contributed by atoms with van der Waals surface area (Å²) < 4.78 is 0. The molecule has 0 bridgehead atoms. The Morgan fingerprint density at radius 3 is 2.55 bits per heavy atom. The molecule has 0 aromatic carbocycles. The topological polar surface area (TPSA) is 3.24 Å². The normalized spacial score (nSPS) is 24.9. The molecule has 2 aliphatic rings. The molecule has 1 fully saturated rings. The molecule has 0 aromatic rings. The van der Waals surface area contributed by atoms with Crippen molar-refractivity contribution in [3.8, 4) is 0 Å². The van der Waals surface area contributed by atoms with Crippen molar-refractivity contribution >= 4 is 0 Å². The van der Waals surface area contributed by atoms with E-state index in [9.17, 15) is 0 Å². The number of hydrogen-bond acceptors (Lipinski definition) is 1. The summed E-state index contributed by atoms with van der Waals surface area (Å²) in [4.78, 5) is 2.47. The van der Waals surface area contributed by atoms with Crippen LogP contribution >= 0.6 is 0 Å². The summed E-state index contributed by atoms with van der Waals surface area (Å²) in [7, 11) is 0. The van der Waals surface area contributed by atoms with Crippen molar-refractivity contribution in [2.75, 3.05) is 6.54 Å². The van der Waals surface area contributed by atoms with Crippen LogP contribution < -0.4 is 0 Å². The molecule has 2 rings (SSSR count). The third kappa shape index (κ3) is 1.47. The van der Waals surface area contributed by atoms with Gasteiger partial charge in [-0.2, -0.15) is 0 Å². The lowest BCUT2D eigenvalue weighted by Gasteiger charge is -2.27. The quantitative estimate of drug-likeness (QED) is 0.553. The SMILES string of the molecule is C1=CCN(C2CCCC2)C=C1. The van der Waals surface area contributed by atoms with Crippen LogP contribution in [-0.2, 0) is 0 Å². The molecule has 0 N–H and O–H groups in total. The van der Waals surface area contributed by atoms with E-state index in [0.717, 1.165) is 12.6 Å². The fourth-order valence-corrected chi connectivity index (χ4v) is 1.99. The first-order valence-corrected chi connectivity index (χ1v) is 4.56. The van der Waals surface area contributed by atoms with Gasteiger partial charge in [-0.3, -0.25) is 0 Å². The third-order valence-electron chi connectivity index (χ3n) is 2.63. The minimum absolute atomic E-state index is 0.844. The van der Waals surface area contributed by atoms with Crippen molar-refractivity contribution in [3.63, 3.8) is 0 Å². The van der Waals surface area contributed by atoms with Crippen molar-refractivity contribution < 1.29 is 0 Å². The molecule has 1 heteroatoms. The van der Waals surface area contributed by atoms with Gasteiger partial charge in [0.15, 0.2) is 0 Å². The smallest absolute Gasteiger partial charge is 0.0360 e. The van der Waals surface area contributed by atoms with Gasteiger partial charge in [0, 0.05) is 12.6 Å². The fourth-order valence-electron chi connectivity index (χ4n) is 1.99. The van der Waals surface area contributed by atoms with Crippen LogP contribution in [0.5, 0.6) is 0 Å². The van der Waals surface area contributed by atoms with Gasteiger partial charge in [-0.05, 0) is 25.1 Å². The Labute approximate surface area is 68.4 Å². The lowest BCUT2D eigenvalue weighted by atomic mass is 10.2. The van der Waals surface area contributed by atoms with Gasteiger partial charge in [-0.15, -0.1) is 0 Å². The molecule has 0 spiro atoms. The van der Waals surface area contributed by atoms with Crippen molar-refractivity contribution in [2.45, 2.75) is 31.7 Å². The molecular weight excluding hydrogens is 134 g/mol. The largest absolute Gasteiger partial charge is 0.371 e. The zero-order valence-electron chi connectivity index (χ0n) is 6.87. The zero-order chi connectivity index (χ0) is 7.52. The summed E-state index contributed by atoms with van der Waals surface area (Å²) in [5.74, 6) is 0. The molecular formula is C10H15N. The minimum atomic E-state index is 0.844. The van der Waals surface area contributed by atoms with Crippen molar-refractivity contribution in [3.05, 3.63) is 24.4 Å². The van der Waals surface area contributed by atoms with Crippen LogP contribution in [0.2, 0.25) is 0 Å². The average Bonchev–Trinajstić information content (AvgIpc) is 2.58. The van der Waals surface area contributed by atoms with Gasteiger partial charge in [-0.1, -0.05) is 25.0 Å². The van der Waals surface area contributed by atoms with Crippen LogP contribution in [0.25, 0.3) is 0 Å². The van der Waals surface area contributed by atoms with Crippen LogP contribution in [0.15, 0.2) is 24.4 Å². The van der Waals surface area contributed by atoms with Crippen molar-refractivity contribution in [1.82, 2.24) is 4.90 Å². The van der Waals surface area contributed by atoms with Gasteiger partial charge in [0.25, 0.3) is 0 Å². The van der Waals surface area contributed by atoms with Crippen molar-refractivity contribution in [1.29, 1.82) is 0 Å². The second-order valence-electron chi connectivity index (χ2n) is 3.40. The molecule has 1 nitrogen and oxygen atoms in total. The van der Waals surface area contributed by atoms with E-state index >= 15 is 0 Å². The van der Waals surface area contributed by atoms with E-state index in [-0.39, 0.29) is 0 Å². The molecule has 0 atom stereocenters. The van der Waals surface area contributed by atoms with Gasteiger partial charge in [0.2, 0.25) is 0 Å². The van der Waals surface area contributed by atoms with E-state index in [1.165, 1.54) is 25.7 Å². The maximum absolute atomic E-state index is 2.47. The Bertz CT molecular complexity index is 175. The van der Waals surface area contributed by atoms with Gasteiger partial charge in [0.1, 0.15) is 0 Å². The molecule has 1 aliphatic carbocycles. The highest BCUT2D eigenvalue weighted by molar-refractivity contribution is 5.09. The summed E-state index contributed by atoms with van der Waals surface area (Å²) in [5.41, 5.74) is 0. The van der Waals surface area contributed by atoms with Crippen LogP contribution in [-0.4, -0.2) is 17.5 Å². The van der Waals surface area contributed by atoms with E-state index in [2.05, 4.69) is 29.3 Å². The first-order valence-electron chi connectivity index (χ1n) is 4.56. The lowest BCUT2D eigenvalue weighted by molar-refractivity contribution is 0.304. The zero-order valence-corrected chi connectivity index (χ0v) is 6.87. The molecule has 0 unspecified atom stereocenters. The number of rotatable bonds is 1. The summed E-state index contributed by atoms with van der Waals surface area (Å²) in [6, 6.07) is 0.844. The number of allylic oxidation sites excluding steroid dienone is 2. The molecule has 0 aromatic heterocycles. The number of hydrogen-bond donors (Lipinski definition) is 0. The van der Waals surface area contributed by atoms with E-state index in [1.807, 2.05) is 0 Å². The lowest BCUT2D eigenvalue weighted by Crippen LogP contribution is -2.29. The summed E-state index contributed by atoms with van der Waals surface area (Å²) in [6.45, 7) is 1.13. The molecule has 0 radical (unpaired) electrons. The van der Waals surface area contributed by atoms with Crippen LogP contribution in [0.3, 0.4) is 0 Å². The summed E-state index contributed by atoms with van der Waals surface area (Å²) in [6.07, 6.45) is 14.4. The first kappa shape index (κ1) is 6.96. The van der Waals surface area contributed by atoms with Gasteiger partial charge < -0.3 is 4.90 Å². The Morgan fingerprint density at radius 1 is 1.09 bits per heavy atom. The standard InChI is InChI=1S/C10H15N/c1-4-8-11(9-5-1)10-6-2-3-7-10/h1,4-5,8,10H,2-3,6-7,9H2. The summed E-state index contributed by atoms with van der Waals surface area (Å²) in [5, 5.41) is 0. The molecule has 1 saturated carbocycles. The van der Waals surface area contributed by atoms with Crippen LogP contribution in [0.1, 0.15) is 25.7 Å². The second kappa shape index (κ2) is 3.12. The second-order valence-corrected chi connectivity index (χ2v) is 3.40. The monoisotopic (exact) mass is 149 g/mol. The molecule has 0 saturated heterocycles. The molecule has 1 heterocycles. The molecule has 1 aliphatic heterocycles. The fraction of sp³-hybridized carbons (Fsp3) is 0.600. The van der Waals surface area contributed by atoms with Crippen LogP contribution in [0, 0.1) is 0 Å². The average molecular weight is 149 g/mol. The van der Waals surface area contributed by atoms with Gasteiger partial charge in [0.05, 0.1) is 0 Å². The van der Waals surface area contributed by atoms with E-state index in [0.29, 0.717) is 0 Å². The van der Waals surface area contributed by atoms with Gasteiger partial charge in [-0.25, -0.2) is 0 Å². The molecule has 60 valence electrons. The van der Waals surface area contributed by atoms with E-state index < -0.39 is 0 Å². The maximum Gasteiger partial charge on any atom is 0.0360 e. The van der Waals surface area contributed by atoms with E-state index in [4.69, 9.17) is 0 Å². The maximum atomic E-state index is 2.47. The predicted octanol–water partition coefficient (Wildman–Crippen LogP) is 2.31. The third-order valence-corrected chi connectivity index (χ3v) is 2.63. The molecule has 0 amide bonds. The minimum Gasteiger partial charge on any atom is -0.371 e. The Kier molecular flexibility index (Phi) is 1.97. The van der Waals surface area contributed by atoms with Gasteiger partial charge >= 0.3 is 0 Å². The van der Waals surface area contributed by atoms with E-state index in [1.54, 1.807) is 0 Å². The Morgan fingerprint density at radius 2 is 1.91 bits per heavy atom. The van der Waals surface area contributed by atoms with Crippen molar-refractivity contribution in [2.24, 2.45) is 0 Å². The predicted molar refractivity (Wildman–Crippen MR) is 47.2 cm³/mol. The highest BCUT2D eigenvalue weighted by Crippen LogP contribution is 2.24. The Balaban J connectivity index is 1.94. The highest BCUT2D eigenvalue weighted by atomic mass is 15.1. The number of nitrogens with zero attached hydrogens (tertiary/aromatic N) is 1. The highest BCUT2D eigenvalue weighted by Gasteiger charge is 2.19. The molecule has 11 heavy (non-hydrogen) atoms. The first-order chi connectivity index (χ1) is 5.47. The van der Waals surface area contributed by atoms with Crippen LogP contribution in [0.4, 0.5) is 0 Å². The Hall–Kier alpha value is -0.720. The summed E-state index contributed by atoms with van der Waals surface area (Å²) >= 11 is 0.